The molecule has 0 bridgehead atoms. The molecule has 1 aromatic heterocycles. The number of aromatic nitrogens is 1. The second kappa shape index (κ2) is 4.56. The molecule has 0 saturated carbocycles. The van der Waals surface area contributed by atoms with Gasteiger partial charge in [0, 0.05) is 24.6 Å². The van der Waals surface area contributed by atoms with Crippen LogP contribution in [0.1, 0.15) is 0 Å². The number of nitro groups is 1. The number of nitrogens with two attached hydrogens (primary N) is 1. The van der Waals surface area contributed by atoms with Crippen molar-refractivity contribution >= 4 is 29.1 Å². The lowest BCUT2D eigenvalue weighted by Crippen LogP contribution is -2.33. The van der Waals surface area contributed by atoms with Crippen LogP contribution >= 0.6 is 11.8 Å². The highest BCUT2D eigenvalue weighted by molar-refractivity contribution is 7.99. The predicted octanol–water partition coefficient (Wildman–Crippen LogP) is 1.13. The number of anilines is 2. The molecule has 16 heavy (non-hydrogen) atoms. The number of nitrogen functional groups attached to an aromatic ring is 1. The molecule has 0 atom stereocenters. The molecule has 7 heteroatoms. The van der Waals surface area contributed by atoms with E-state index in [9.17, 15) is 10.1 Å². The quantitative estimate of drug-likeness (QED) is 0.616. The van der Waals surface area contributed by atoms with Gasteiger partial charge in [0.05, 0.1) is 17.1 Å². The van der Waals surface area contributed by atoms with Crippen molar-refractivity contribution in [1.29, 1.82) is 0 Å². The first-order valence-corrected chi connectivity index (χ1v) is 6.07. The summed E-state index contributed by atoms with van der Waals surface area (Å²) < 4.78 is 0. The maximum Gasteiger partial charge on any atom is 0.276 e. The molecule has 0 aromatic carbocycles. The Morgan fingerprint density at radius 2 is 2.12 bits per heavy atom. The summed E-state index contributed by atoms with van der Waals surface area (Å²) in [6, 6.07) is 2.76. The predicted molar refractivity (Wildman–Crippen MR) is 64.8 cm³/mol. The zero-order valence-electron chi connectivity index (χ0n) is 8.63. The maximum atomic E-state index is 10.7. The van der Waals surface area contributed by atoms with Gasteiger partial charge in [-0.05, 0) is 0 Å². The summed E-state index contributed by atoms with van der Waals surface area (Å²) in [4.78, 5) is 16.4. The van der Waals surface area contributed by atoms with Crippen molar-refractivity contribution < 1.29 is 4.92 Å². The summed E-state index contributed by atoms with van der Waals surface area (Å²) in [5, 5.41) is 10.7. The van der Waals surface area contributed by atoms with Gasteiger partial charge in [-0.25, -0.2) is 4.98 Å². The van der Waals surface area contributed by atoms with Crippen LogP contribution < -0.4 is 10.6 Å². The van der Waals surface area contributed by atoms with E-state index in [0.717, 1.165) is 24.6 Å². The summed E-state index contributed by atoms with van der Waals surface area (Å²) in [5.41, 5.74) is 5.56. The Balaban J connectivity index is 2.28. The van der Waals surface area contributed by atoms with Crippen LogP contribution in [0, 0.1) is 10.1 Å². The average molecular weight is 240 g/mol. The van der Waals surface area contributed by atoms with Crippen LogP contribution in [0.5, 0.6) is 0 Å². The van der Waals surface area contributed by atoms with E-state index in [4.69, 9.17) is 5.73 Å². The van der Waals surface area contributed by atoms with Crippen molar-refractivity contribution in [3.63, 3.8) is 0 Å². The van der Waals surface area contributed by atoms with Crippen LogP contribution in [0.4, 0.5) is 17.3 Å². The lowest BCUT2D eigenvalue weighted by atomic mass is 10.3. The Morgan fingerprint density at radius 3 is 2.75 bits per heavy atom. The van der Waals surface area contributed by atoms with Crippen molar-refractivity contribution in [2.45, 2.75) is 0 Å². The molecule has 1 aliphatic rings. The standard InChI is InChI=1S/C9H12N4O2S/c10-8-5-7(13(14)15)6-9(11-8)12-1-3-16-4-2-12/h5-6H,1-4H2,(H2,10,11). The van der Waals surface area contributed by atoms with Gasteiger partial charge in [0.15, 0.2) is 0 Å². The topological polar surface area (TPSA) is 85.3 Å². The summed E-state index contributed by atoms with van der Waals surface area (Å²) in [7, 11) is 0. The summed E-state index contributed by atoms with van der Waals surface area (Å²) in [5.74, 6) is 2.84. The van der Waals surface area contributed by atoms with Gasteiger partial charge >= 0.3 is 0 Å². The molecule has 6 nitrogen and oxygen atoms in total. The van der Waals surface area contributed by atoms with Crippen molar-refractivity contribution in [3.8, 4) is 0 Å². The van der Waals surface area contributed by atoms with E-state index < -0.39 is 4.92 Å². The van der Waals surface area contributed by atoms with E-state index in [-0.39, 0.29) is 11.5 Å². The monoisotopic (exact) mass is 240 g/mol. The number of hydrogen-bond acceptors (Lipinski definition) is 6. The SMILES string of the molecule is Nc1cc([N+](=O)[O-])cc(N2CCSCC2)n1. The smallest absolute Gasteiger partial charge is 0.276 e. The number of thioether (sulfide) groups is 1. The fourth-order valence-electron chi connectivity index (χ4n) is 1.58. The molecular weight excluding hydrogens is 228 g/mol. The van der Waals surface area contributed by atoms with Crippen LogP contribution in [-0.2, 0) is 0 Å². The van der Waals surface area contributed by atoms with Gasteiger partial charge < -0.3 is 10.6 Å². The maximum absolute atomic E-state index is 10.7. The Hall–Kier alpha value is -1.50. The van der Waals surface area contributed by atoms with Gasteiger partial charge in [0.1, 0.15) is 11.6 Å². The van der Waals surface area contributed by atoms with Crippen molar-refractivity contribution in [3.05, 3.63) is 22.2 Å². The number of hydrogen-bond donors (Lipinski definition) is 1. The fraction of sp³-hybridized carbons (Fsp3) is 0.444. The first-order chi connectivity index (χ1) is 7.66. The van der Waals surface area contributed by atoms with Crippen molar-refractivity contribution in [2.75, 3.05) is 35.2 Å². The van der Waals surface area contributed by atoms with Crippen molar-refractivity contribution in [2.24, 2.45) is 0 Å². The summed E-state index contributed by atoms with van der Waals surface area (Å²) in [6.45, 7) is 1.72. The molecule has 0 aliphatic carbocycles. The molecule has 1 saturated heterocycles. The third kappa shape index (κ3) is 2.35. The first-order valence-electron chi connectivity index (χ1n) is 4.91. The largest absolute Gasteiger partial charge is 0.383 e. The van der Waals surface area contributed by atoms with E-state index in [1.54, 1.807) is 0 Å². The summed E-state index contributed by atoms with van der Waals surface area (Å²) in [6.07, 6.45) is 0. The molecule has 0 radical (unpaired) electrons. The molecular formula is C9H12N4O2S. The molecule has 2 heterocycles. The lowest BCUT2D eigenvalue weighted by molar-refractivity contribution is -0.384. The van der Waals surface area contributed by atoms with Gasteiger partial charge in [-0.1, -0.05) is 0 Å². The molecule has 0 amide bonds. The molecule has 0 unspecified atom stereocenters. The lowest BCUT2D eigenvalue weighted by Gasteiger charge is -2.27. The van der Waals surface area contributed by atoms with Gasteiger partial charge in [-0.15, -0.1) is 0 Å². The zero-order valence-corrected chi connectivity index (χ0v) is 9.44. The van der Waals surface area contributed by atoms with E-state index >= 15 is 0 Å². The van der Waals surface area contributed by atoms with E-state index in [1.165, 1.54) is 12.1 Å². The van der Waals surface area contributed by atoms with Gasteiger partial charge in [-0.3, -0.25) is 10.1 Å². The van der Waals surface area contributed by atoms with Crippen LogP contribution in [0.2, 0.25) is 0 Å². The molecule has 1 aliphatic heterocycles. The second-order valence-corrected chi connectivity index (χ2v) is 4.69. The molecule has 0 spiro atoms. The first kappa shape index (κ1) is 11.0. The van der Waals surface area contributed by atoms with Gasteiger partial charge in [-0.2, -0.15) is 11.8 Å². The Labute approximate surface area is 97.0 Å². The molecule has 1 aromatic rings. The van der Waals surface area contributed by atoms with Crippen LogP contribution in [0.15, 0.2) is 12.1 Å². The number of nitrogens with zero attached hydrogens (tertiary/aromatic N) is 3. The van der Waals surface area contributed by atoms with Gasteiger partial charge in [0.2, 0.25) is 0 Å². The highest BCUT2D eigenvalue weighted by Crippen LogP contribution is 2.23. The fourth-order valence-corrected chi connectivity index (χ4v) is 2.49. The molecule has 2 N–H and O–H groups in total. The minimum Gasteiger partial charge on any atom is -0.383 e. The van der Waals surface area contributed by atoms with Crippen LogP contribution in [0.3, 0.4) is 0 Å². The molecule has 86 valence electrons. The van der Waals surface area contributed by atoms with E-state index in [0.29, 0.717) is 5.82 Å². The second-order valence-electron chi connectivity index (χ2n) is 3.46. The Kier molecular flexibility index (Phi) is 3.14. The minimum atomic E-state index is -0.444. The highest BCUT2D eigenvalue weighted by atomic mass is 32.2. The molecule has 1 fully saturated rings. The Bertz CT molecular complexity index is 406. The van der Waals surface area contributed by atoms with Crippen LogP contribution in [-0.4, -0.2) is 34.5 Å². The Morgan fingerprint density at radius 1 is 1.44 bits per heavy atom. The third-order valence-corrected chi connectivity index (χ3v) is 3.30. The minimum absolute atomic E-state index is 0.000673. The normalized spacial score (nSPS) is 16.1. The number of pyridine rings is 1. The van der Waals surface area contributed by atoms with Crippen molar-refractivity contribution in [1.82, 2.24) is 4.98 Å². The van der Waals surface area contributed by atoms with Crippen LogP contribution in [0.25, 0.3) is 0 Å². The zero-order chi connectivity index (χ0) is 11.5. The van der Waals surface area contributed by atoms with Gasteiger partial charge in [0.25, 0.3) is 5.69 Å². The summed E-state index contributed by atoms with van der Waals surface area (Å²) >= 11 is 1.87. The average Bonchev–Trinajstić information content (AvgIpc) is 2.29. The highest BCUT2D eigenvalue weighted by Gasteiger charge is 2.16. The number of rotatable bonds is 2. The van der Waals surface area contributed by atoms with E-state index in [2.05, 4.69) is 4.98 Å². The molecule has 2 rings (SSSR count). The van der Waals surface area contributed by atoms with E-state index in [1.807, 2.05) is 16.7 Å². The third-order valence-electron chi connectivity index (χ3n) is 2.36.